The number of halogens is 1. The third-order valence-electron chi connectivity index (χ3n) is 2.67. The van der Waals surface area contributed by atoms with Gasteiger partial charge in [-0.2, -0.15) is 5.26 Å². The molecule has 5 nitrogen and oxygen atoms in total. The zero-order valence-electron chi connectivity index (χ0n) is 9.79. The van der Waals surface area contributed by atoms with E-state index in [0.717, 1.165) is 11.0 Å². The van der Waals surface area contributed by atoms with E-state index in [9.17, 15) is 0 Å². The summed E-state index contributed by atoms with van der Waals surface area (Å²) in [5.74, 6) is 1.08. The van der Waals surface area contributed by atoms with Crippen LogP contribution in [0, 0.1) is 11.3 Å². The van der Waals surface area contributed by atoms with Gasteiger partial charge in [-0.15, -0.1) is 0 Å². The molecule has 0 radical (unpaired) electrons. The molecule has 0 spiro atoms. The van der Waals surface area contributed by atoms with Crippen LogP contribution in [-0.2, 0) is 6.42 Å². The minimum Gasteiger partial charge on any atom is -0.263 e. The van der Waals surface area contributed by atoms with Crippen molar-refractivity contribution in [3.05, 3.63) is 47.5 Å². The van der Waals surface area contributed by atoms with Gasteiger partial charge in [-0.1, -0.05) is 23.7 Å². The second-order valence-corrected chi connectivity index (χ2v) is 4.32. The zero-order chi connectivity index (χ0) is 13.2. The van der Waals surface area contributed by atoms with Crippen LogP contribution in [0.15, 0.2) is 36.7 Å². The summed E-state index contributed by atoms with van der Waals surface area (Å²) in [5.41, 5.74) is 1.68. The Balaban J connectivity index is 2.28. The molecule has 0 fully saturated rings. The number of nitriles is 1. The van der Waals surface area contributed by atoms with Gasteiger partial charge in [-0.05, 0) is 12.1 Å². The van der Waals surface area contributed by atoms with E-state index in [4.69, 9.17) is 16.9 Å². The van der Waals surface area contributed by atoms with E-state index in [1.165, 1.54) is 12.4 Å². The summed E-state index contributed by atoms with van der Waals surface area (Å²) in [4.78, 5) is 12.8. The number of hydrogen-bond donors (Lipinski definition) is 0. The van der Waals surface area contributed by atoms with Gasteiger partial charge in [-0.3, -0.25) is 4.57 Å². The first kappa shape index (κ1) is 11.6. The van der Waals surface area contributed by atoms with Crippen molar-refractivity contribution in [1.29, 1.82) is 5.26 Å². The average molecular weight is 270 g/mol. The Labute approximate surface area is 114 Å². The van der Waals surface area contributed by atoms with Gasteiger partial charge in [0.1, 0.15) is 5.82 Å². The Bertz CT molecular complexity index is 770. The first-order valence-electron chi connectivity index (χ1n) is 5.61. The fraction of sp³-hybridized carbons (Fsp3) is 0.0769. The Morgan fingerprint density at radius 2 is 1.95 bits per heavy atom. The van der Waals surface area contributed by atoms with Gasteiger partial charge in [-0.25, -0.2) is 15.0 Å². The highest BCUT2D eigenvalue weighted by Gasteiger charge is 2.13. The fourth-order valence-corrected chi connectivity index (χ4v) is 2.01. The lowest BCUT2D eigenvalue weighted by molar-refractivity contribution is 0.880. The molecule has 0 amide bonds. The molecular formula is C13H8ClN5. The largest absolute Gasteiger partial charge is 0.263 e. The fourth-order valence-electron chi connectivity index (χ4n) is 1.91. The number of nitrogens with zero attached hydrogens (tertiary/aromatic N) is 5. The van der Waals surface area contributed by atoms with Crippen LogP contribution in [0.25, 0.3) is 17.0 Å². The number of rotatable bonds is 2. The van der Waals surface area contributed by atoms with Crippen LogP contribution in [0.4, 0.5) is 0 Å². The van der Waals surface area contributed by atoms with Gasteiger partial charge in [0, 0.05) is 0 Å². The number of imidazole rings is 1. The van der Waals surface area contributed by atoms with Gasteiger partial charge in [0.05, 0.1) is 40.9 Å². The summed E-state index contributed by atoms with van der Waals surface area (Å²) >= 11 is 5.79. The smallest absolute Gasteiger partial charge is 0.235 e. The van der Waals surface area contributed by atoms with Crippen molar-refractivity contribution in [1.82, 2.24) is 19.5 Å². The molecule has 92 valence electrons. The summed E-state index contributed by atoms with van der Waals surface area (Å²) < 4.78 is 1.77. The van der Waals surface area contributed by atoms with E-state index >= 15 is 0 Å². The summed E-state index contributed by atoms with van der Waals surface area (Å²) in [7, 11) is 0. The number of benzene rings is 1. The van der Waals surface area contributed by atoms with Crippen molar-refractivity contribution < 1.29 is 0 Å². The highest BCUT2D eigenvalue weighted by atomic mass is 35.5. The molecule has 3 rings (SSSR count). The first-order chi connectivity index (χ1) is 9.29. The van der Waals surface area contributed by atoms with Crippen LogP contribution >= 0.6 is 11.6 Å². The maximum absolute atomic E-state index is 8.90. The minimum atomic E-state index is 0.195. The minimum absolute atomic E-state index is 0.195. The molecule has 0 aliphatic heterocycles. The quantitative estimate of drug-likeness (QED) is 0.717. The Morgan fingerprint density at radius 3 is 2.68 bits per heavy atom. The first-order valence-corrected chi connectivity index (χ1v) is 5.98. The van der Waals surface area contributed by atoms with Crippen molar-refractivity contribution in [2.24, 2.45) is 0 Å². The summed E-state index contributed by atoms with van der Waals surface area (Å²) in [6.07, 6.45) is 3.24. The van der Waals surface area contributed by atoms with Crippen LogP contribution in [0.2, 0.25) is 5.02 Å². The van der Waals surface area contributed by atoms with E-state index in [-0.39, 0.29) is 6.42 Å². The number of aromatic nitrogens is 4. The highest BCUT2D eigenvalue weighted by Crippen LogP contribution is 2.19. The standard InChI is InChI=1S/C13H8ClN5/c14-9-7-16-13(17-8-9)19-11-4-2-1-3-10(11)18-12(19)5-6-15/h1-4,7-8H,5H2. The lowest BCUT2D eigenvalue weighted by Crippen LogP contribution is -2.04. The van der Waals surface area contributed by atoms with Crippen molar-refractivity contribution in [2.45, 2.75) is 6.42 Å². The molecule has 0 saturated heterocycles. The number of fused-ring (bicyclic) bond motifs is 1. The lowest BCUT2D eigenvalue weighted by atomic mass is 10.3. The Morgan fingerprint density at radius 1 is 1.21 bits per heavy atom. The van der Waals surface area contributed by atoms with Gasteiger partial charge in [0.2, 0.25) is 5.95 Å². The third-order valence-corrected chi connectivity index (χ3v) is 2.87. The van der Waals surface area contributed by atoms with Crippen LogP contribution in [0.1, 0.15) is 5.82 Å². The van der Waals surface area contributed by atoms with Crippen molar-refractivity contribution in [2.75, 3.05) is 0 Å². The maximum Gasteiger partial charge on any atom is 0.235 e. The molecule has 0 aliphatic carbocycles. The average Bonchev–Trinajstić information content (AvgIpc) is 2.78. The number of hydrogen-bond acceptors (Lipinski definition) is 4. The van der Waals surface area contributed by atoms with Gasteiger partial charge >= 0.3 is 0 Å². The summed E-state index contributed by atoms with van der Waals surface area (Å²) in [6, 6.07) is 9.72. The van der Waals surface area contributed by atoms with Gasteiger partial charge < -0.3 is 0 Å². The lowest BCUT2D eigenvalue weighted by Gasteiger charge is -2.04. The molecule has 3 aromatic rings. The summed E-state index contributed by atoms with van der Waals surface area (Å²) in [5, 5.41) is 9.36. The molecule has 19 heavy (non-hydrogen) atoms. The summed E-state index contributed by atoms with van der Waals surface area (Å²) in [6.45, 7) is 0. The Kier molecular flexibility index (Phi) is 2.86. The number of para-hydroxylation sites is 2. The molecule has 1 aromatic carbocycles. The van der Waals surface area contributed by atoms with Gasteiger partial charge in [0.15, 0.2) is 0 Å². The molecule has 0 unspecified atom stereocenters. The maximum atomic E-state index is 8.90. The predicted octanol–water partition coefficient (Wildman–Crippen LogP) is 2.53. The molecule has 0 aliphatic rings. The topological polar surface area (TPSA) is 67.4 Å². The van der Waals surface area contributed by atoms with E-state index in [0.29, 0.717) is 16.8 Å². The molecule has 0 saturated carbocycles. The normalized spacial score (nSPS) is 10.5. The van der Waals surface area contributed by atoms with Crippen molar-refractivity contribution >= 4 is 22.6 Å². The van der Waals surface area contributed by atoms with Crippen LogP contribution in [0.3, 0.4) is 0 Å². The Hall–Kier alpha value is -2.45. The van der Waals surface area contributed by atoms with E-state index in [1.807, 2.05) is 24.3 Å². The van der Waals surface area contributed by atoms with Crippen LogP contribution < -0.4 is 0 Å². The molecule has 6 heteroatoms. The second-order valence-electron chi connectivity index (χ2n) is 3.89. The second kappa shape index (κ2) is 4.67. The molecule has 0 N–H and O–H groups in total. The van der Waals surface area contributed by atoms with Crippen LogP contribution in [-0.4, -0.2) is 19.5 Å². The van der Waals surface area contributed by atoms with Crippen LogP contribution in [0.5, 0.6) is 0 Å². The molecule has 0 atom stereocenters. The monoisotopic (exact) mass is 269 g/mol. The molecule has 2 aromatic heterocycles. The third kappa shape index (κ3) is 2.02. The molecule has 2 heterocycles. The van der Waals surface area contributed by atoms with E-state index in [2.05, 4.69) is 21.0 Å². The molecule has 0 bridgehead atoms. The van der Waals surface area contributed by atoms with Crippen molar-refractivity contribution in [3.63, 3.8) is 0 Å². The van der Waals surface area contributed by atoms with E-state index < -0.39 is 0 Å². The van der Waals surface area contributed by atoms with Gasteiger partial charge in [0.25, 0.3) is 0 Å². The molecular weight excluding hydrogens is 262 g/mol. The SMILES string of the molecule is N#CCc1nc2ccccc2n1-c1ncc(Cl)cn1. The predicted molar refractivity (Wildman–Crippen MR) is 71.0 cm³/mol. The highest BCUT2D eigenvalue weighted by molar-refractivity contribution is 6.30. The van der Waals surface area contributed by atoms with Crippen molar-refractivity contribution in [3.8, 4) is 12.0 Å². The van der Waals surface area contributed by atoms with E-state index in [1.54, 1.807) is 4.57 Å². The zero-order valence-corrected chi connectivity index (χ0v) is 10.5.